The van der Waals surface area contributed by atoms with Gasteiger partial charge in [-0.15, -0.1) is 0 Å². The Morgan fingerprint density at radius 2 is 2.43 bits per heavy atom. The summed E-state index contributed by atoms with van der Waals surface area (Å²) in [5, 5.41) is 3.28. The SMILES string of the molecule is CCc1nc2c(n1CCF)CCNC2. The van der Waals surface area contributed by atoms with Crippen LogP contribution in [0.3, 0.4) is 0 Å². The summed E-state index contributed by atoms with van der Waals surface area (Å²) in [4.78, 5) is 4.52. The van der Waals surface area contributed by atoms with Gasteiger partial charge in [0.25, 0.3) is 0 Å². The summed E-state index contributed by atoms with van der Waals surface area (Å²) < 4.78 is 14.4. The van der Waals surface area contributed by atoms with E-state index in [9.17, 15) is 4.39 Å². The number of nitrogens with zero attached hydrogens (tertiary/aromatic N) is 2. The number of hydrogen-bond acceptors (Lipinski definition) is 2. The van der Waals surface area contributed by atoms with Crippen LogP contribution < -0.4 is 5.32 Å². The van der Waals surface area contributed by atoms with Crippen LogP contribution in [0, 0.1) is 0 Å². The first-order chi connectivity index (χ1) is 6.86. The summed E-state index contributed by atoms with van der Waals surface area (Å²) >= 11 is 0. The van der Waals surface area contributed by atoms with Crippen molar-refractivity contribution >= 4 is 0 Å². The van der Waals surface area contributed by atoms with Crippen molar-refractivity contribution in [3.05, 3.63) is 17.2 Å². The van der Waals surface area contributed by atoms with E-state index in [1.54, 1.807) is 0 Å². The molecule has 0 unspecified atom stereocenters. The van der Waals surface area contributed by atoms with Gasteiger partial charge in [0.05, 0.1) is 12.2 Å². The Balaban J connectivity index is 2.37. The van der Waals surface area contributed by atoms with Crippen molar-refractivity contribution in [2.75, 3.05) is 13.2 Å². The van der Waals surface area contributed by atoms with Crippen molar-refractivity contribution < 1.29 is 4.39 Å². The van der Waals surface area contributed by atoms with Gasteiger partial charge in [0.2, 0.25) is 0 Å². The van der Waals surface area contributed by atoms with Gasteiger partial charge in [-0.3, -0.25) is 0 Å². The van der Waals surface area contributed by atoms with E-state index in [0.717, 1.165) is 37.4 Å². The van der Waals surface area contributed by atoms with Crippen LogP contribution in [-0.4, -0.2) is 22.8 Å². The monoisotopic (exact) mass is 197 g/mol. The Hall–Kier alpha value is -0.900. The van der Waals surface area contributed by atoms with E-state index in [1.807, 2.05) is 0 Å². The lowest BCUT2D eigenvalue weighted by molar-refractivity contribution is 0.431. The fourth-order valence-electron chi connectivity index (χ4n) is 2.05. The smallest absolute Gasteiger partial charge is 0.109 e. The number of rotatable bonds is 3. The first-order valence-electron chi connectivity index (χ1n) is 5.20. The average Bonchev–Trinajstić information content (AvgIpc) is 2.58. The van der Waals surface area contributed by atoms with Crippen LogP contribution in [0.2, 0.25) is 0 Å². The molecular formula is C10H16FN3. The van der Waals surface area contributed by atoms with Crippen molar-refractivity contribution in [3.63, 3.8) is 0 Å². The van der Waals surface area contributed by atoms with Gasteiger partial charge < -0.3 is 9.88 Å². The lowest BCUT2D eigenvalue weighted by Gasteiger charge is -2.14. The Morgan fingerprint density at radius 3 is 3.14 bits per heavy atom. The van der Waals surface area contributed by atoms with E-state index in [1.165, 1.54) is 5.69 Å². The van der Waals surface area contributed by atoms with Gasteiger partial charge >= 0.3 is 0 Å². The Kier molecular flexibility index (Phi) is 2.82. The summed E-state index contributed by atoms with van der Waals surface area (Å²) in [6, 6.07) is 0. The lowest BCUT2D eigenvalue weighted by Crippen LogP contribution is -2.25. The van der Waals surface area contributed by atoms with Crippen molar-refractivity contribution in [1.82, 2.24) is 14.9 Å². The minimum atomic E-state index is -0.302. The maximum absolute atomic E-state index is 12.4. The van der Waals surface area contributed by atoms with Crippen molar-refractivity contribution in [3.8, 4) is 0 Å². The molecule has 0 atom stereocenters. The zero-order valence-corrected chi connectivity index (χ0v) is 8.52. The molecule has 3 nitrogen and oxygen atoms in total. The molecule has 0 aromatic carbocycles. The molecule has 1 aliphatic heterocycles. The predicted molar refractivity (Wildman–Crippen MR) is 53.0 cm³/mol. The Bertz CT molecular complexity index is 319. The summed E-state index contributed by atoms with van der Waals surface area (Å²) in [7, 11) is 0. The highest BCUT2D eigenvalue weighted by atomic mass is 19.1. The standard InChI is InChI=1S/C10H16FN3/c1-2-10-13-8-7-12-5-3-9(8)14(10)6-4-11/h12H,2-7H2,1H3. The normalized spacial score (nSPS) is 15.6. The van der Waals surface area contributed by atoms with Gasteiger partial charge in [-0.05, 0) is 0 Å². The molecule has 0 aliphatic carbocycles. The molecule has 2 rings (SSSR count). The van der Waals surface area contributed by atoms with Crippen LogP contribution in [0.15, 0.2) is 0 Å². The van der Waals surface area contributed by atoms with E-state index in [-0.39, 0.29) is 6.67 Å². The highest BCUT2D eigenvalue weighted by molar-refractivity contribution is 5.20. The second kappa shape index (κ2) is 4.09. The number of nitrogens with one attached hydrogen (secondary N) is 1. The topological polar surface area (TPSA) is 29.9 Å². The average molecular weight is 197 g/mol. The zero-order valence-electron chi connectivity index (χ0n) is 8.52. The molecule has 1 aromatic heterocycles. The van der Waals surface area contributed by atoms with Crippen LogP contribution >= 0.6 is 0 Å². The first-order valence-corrected chi connectivity index (χ1v) is 5.20. The molecule has 78 valence electrons. The third-order valence-electron chi connectivity index (χ3n) is 2.69. The van der Waals surface area contributed by atoms with Crippen LogP contribution in [0.25, 0.3) is 0 Å². The van der Waals surface area contributed by atoms with Gasteiger partial charge in [0, 0.05) is 31.6 Å². The molecule has 2 heterocycles. The van der Waals surface area contributed by atoms with Crippen LogP contribution in [0.4, 0.5) is 4.39 Å². The molecule has 0 fully saturated rings. The number of halogens is 1. The molecule has 1 aliphatic rings. The molecule has 0 spiro atoms. The lowest BCUT2D eigenvalue weighted by atomic mass is 10.2. The molecule has 0 saturated heterocycles. The fourth-order valence-corrected chi connectivity index (χ4v) is 2.05. The molecule has 1 aromatic rings. The largest absolute Gasteiger partial charge is 0.329 e. The minimum Gasteiger partial charge on any atom is -0.329 e. The molecule has 0 saturated carbocycles. The van der Waals surface area contributed by atoms with Crippen molar-refractivity contribution in [1.29, 1.82) is 0 Å². The number of imidazole rings is 1. The number of aryl methyl sites for hydroxylation is 1. The number of aromatic nitrogens is 2. The van der Waals surface area contributed by atoms with Crippen LogP contribution in [0.1, 0.15) is 24.1 Å². The third-order valence-corrected chi connectivity index (χ3v) is 2.69. The second-order valence-corrected chi connectivity index (χ2v) is 3.54. The number of hydrogen-bond donors (Lipinski definition) is 1. The van der Waals surface area contributed by atoms with E-state index in [4.69, 9.17) is 0 Å². The van der Waals surface area contributed by atoms with E-state index in [0.29, 0.717) is 6.54 Å². The van der Waals surface area contributed by atoms with E-state index in [2.05, 4.69) is 21.8 Å². The third kappa shape index (κ3) is 1.54. The molecule has 4 heteroatoms. The van der Waals surface area contributed by atoms with Gasteiger partial charge in [0.1, 0.15) is 12.5 Å². The Morgan fingerprint density at radius 1 is 1.57 bits per heavy atom. The van der Waals surface area contributed by atoms with Crippen LogP contribution in [-0.2, 0) is 25.9 Å². The fraction of sp³-hybridized carbons (Fsp3) is 0.700. The molecule has 0 amide bonds. The van der Waals surface area contributed by atoms with Crippen LogP contribution in [0.5, 0.6) is 0 Å². The highest BCUT2D eigenvalue weighted by Crippen LogP contribution is 2.16. The Labute approximate surface area is 83.3 Å². The number of fused-ring (bicyclic) bond motifs is 1. The van der Waals surface area contributed by atoms with Gasteiger partial charge in [-0.1, -0.05) is 6.92 Å². The molecule has 0 bridgehead atoms. The quantitative estimate of drug-likeness (QED) is 0.785. The predicted octanol–water partition coefficient (Wildman–Crippen LogP) is 1.06. The number of alkyl halides is 1. The second-order valence-electron chi connectivity index (χ2n) is 3.54. The van der Waals surface area contributed by atoms with Gasteiger partial charge in [0.15, 0.2) is 0 Å². The van der Waals surface area contributed by atoms with Gasteiger partial charge in [-0.2, -0.15) is 0 Å². The summed E-state index contributed by atoms with van der Waals surface area (Å²) in [5.74, 6) is 1.02. The minimum absolute atomic E-state index is 0.302. The maximum Gasteiger partial charge on any atom is 0.109 e. The zero-order chi connectivity index (χ0) is 9.97. The summed E-state index contributed by atoms with van der Waals surface area (Å²) in [6.07, 6.45) is 1.86. The summed E-state index contributed by atoms with van der Waals surface area (Å²) in [6.45, 7) is 4.04. The van der Waals surface area contributed by atoms with Gasteiger partial charge in [-0.25, -0.2) is 9.37 Å². The highest BCUT2D eigenvalue weighted by Gasteiger charge is 2.18. The molecule has 14 heavy (non-hydrogen) atoms. The molecule has 1 N–H and O–H groups in total. The van der Waals surface area contributed by atoms with E-state index < -0.39 is 0 Å². The summed E-state index contributed by atoms with van der Waals surface area (Å²) in [5.41, 5.74) is 2.35. The maximum atomic E-state index is 12.4. The molecular weight excluding hydrogens is 181 g/mol. The molecule has 0 radical (unpaired) electrons. The first kappa shape index (κ1) is 9.65. The van der Waals surface area contributed by atoms with Crippen molar-refractivity contribution in [2.45, 2.75) is 32.9 Å². The van der Waals surface area contributed by atoms with E-state index >= 15 is 0 Å². The van der Waals surface area contributed by atoms with Crippen molar-refractivity contribution in [2.24, 2.45) is 0 Å².